The lowest BCUT2D eigenvalue weighted by Gasteiger charge is -2.22. The second-order valence-corrected chi connectivity index (χ2v) is 8.58. The lowest BCUT2D eigenvalue weighted by molar-refractivity contribution is -0.119. The summed E-state index contributed by atoms with van der Waals surface area (Å²) in [4.78, 5) is 33.5. The molecule has 0 aromatic carbocycles. The first-order valence-electron chi connectivity index (χ1n) is 10.1. The van der Waals surface area contributed by atoms with Gasteiger partial charge in [0.25, 0.3) is 0 Å². The highest BCUT2D eigenvalue weighted by atomic mass is 32.2. The monoisotopic (exact) mass is 398 g/mol. The number of carbonyl (C=O) groups excluding carboxylic acids is 1. The number of nitrogens with one attached hydrogen (secondary N) is 1. The third-order valence-corrected chi connectivity index (χ3v) is 6.62. The van der Waals surface area contributed by atoms with E-state index in [0.717, 1.165) is 60.4 Å². The smallest absolute Gasteiger partial charge is 0.349 e. The minimum Gasteiger partial charge on any atom is -0.353 e. The molecule has 0 radical (unpaired) electrons. The number of aromatic nitrogens is 3. The molecule has 2 aliphatic carbocycles. The van der Waals surface area contributed by atoms with Gasteiger partial charge in [-0.1, -0.05) is 24.6 Å². The number of carbonyl (C=O) groups is 1. The second kappa shape index (κ2) is 8.90. The molecular formula is C21H26N4O2S. The molecule has 2 aliphatic rings. The lowest BCUT2D eigenvalue weighted by atomic mass is 9.97. The standard InChI is InChI=1S/C21H26N4O2S/c26-19(23-16-5-1-2-6-16)14-28-20-17-7-3-4-8-18(17)25(21(27)24-20)13-15-9-11-22-12-10-15/h9-12,16H,1-8,13-14H2,(H,23,26). The average molecular weight is 399 g/mol. The number of nitrogens with zero attached hydrogens (tertiary/aromatic N) is 3. The normalized spacial score (nSPS) is 16.7. The van der Waals surface area contributed by atoms with Crippen LogP contribution in [0.5, 0.6) is 0 Å². The summed E-state index contributed by atoms with van der Waals surface area (Å²) in [6.07, 6.45) is 12.0. The van der Waals surface area contributed by atoms with E-state index in [-0.39, 0.29) is 11.6 Å². The summed E-state index contributed by atoms with van der Waals surface area (Å²) in [6, 6.07) is 4.18. The Kier molecular flexibility index (Phi) is 6.10. The number of pyridine rings is 1. The Bertz CT molecular complexity index is 891. The first-order valence-corrected chi connectivity index (χ1v) is 11.1. The van der Waals surface area contributed by atoms with E-state index in [1.165, 1.54) is 24.6 Å². The van der Waals surface area contributed by atoms with Crippen LogP contribution in [0.15, 0.2) is 34.3 Å². The van der Waals surface area contributed by atoms with Crippen molar-refractivity contribution in [1.29, 1.82) is 0 Å². The van der Waals surface area contributed by atoms with Gasteiger partial charge in [0.1, 0.15) is 5.03 Å². The molecule has 2 aromatic rings. The molecule has 0 unspecified atom stereocenters. The zero-order valence-corrected chi connectivity index (χ0v) is 16.8. The van der Waals surface area contributed by atoms with Crippen LogP contribution in [0.25, 0.3) is 0 Å². The highest BCUT2D eigenvalue weighted by Gasteiger charge is 2.22. The van der Waals surface area contributed by atoms with Crippen LogP contribution >= 0.6 is 11.8 Å². The van der Waals surface area contributed by atoms with E-state index in [1.54, 1.807) is 17.0 Å². The minimum atomic E-state index is -0.226. The molecular weight excluding hydrogens is 372 g/mol. The van der Waals surface area contributed by atoms with Crippen molar-refractivity contribution < 1.29 is 4.79 Å². The van der Waals surface area contributed by atoms with E-state index in [9.17, 15) is 9.59 Å². The number of rotatable bonds is 6. The molecule has 0 atom stereocenters. The maximum absolute atomic E-state index is 12.8. The predicted molar refractivity (Wildman–Crippen MR) is 110 cm³/mol. The molecule has 0 spiro atoms. The maximum Gasteiger partial charge on any atom is 0.349 e. The van der Waals surface area contributed by atoms with Crippen LogP contribution in [0.2, 0.25) is 0 Å². The molecule has 2 aromatic heterocycles. The van der Waals surface area contributed by atoms with Gasteiger partial charge >= 0.3 is 5.69 Å². The molecule has 0 bridgehead atoms. The van der Waals surface area contributed by atoms with Gasteiger partial charge in [0.15, 0.2) is 0 Å². The Morgan fingerprint density at radius 3 is 2.68 bits per heavy atom. The topological polar surface area (TPSA) is 76.9 Å². The molecule has 7 heteroatoms. The zero-order valence-electron chi connectivity index (χ0n) is 16.0. The average Bonchev–Trinajstić information content (AvgIpc) is 3.22. The quantitative estimate of drug-likeness (QED) is 0.598. The molecule has 4 rings (SSSR count). The molecule has 6 nitrogen and oxygen atoms in total. The van der Waals surface area contributed by atoms with Gasteiger partial charge in [0.2, 0.25) is 5.91 Å². The Hall–Kier alpha value is -2.15. The molecule has 0 aliphatic heterocycles. The van der Waals surface area contributed by atoms with Crippen molar-refractivity contribution in [3.05, 3.63) is 51.8 Å². The summed E-state index contributed by atoms with van der Waals surface area (Å²) in [5.74, 6) is 0.369. The number of hydrogen-bond donors (Lipinski definition) is 1. The predicted octanol–water partition coefficient (Wildman–Crippen LogP) is 2.72. The van der Waals surface area contributed by atoms with Crippen LogP contribution in [0.1, 0.15) is 55.3 Å². The van der Waals surface area contributed by atoms with E-state index in [4.69, 9.17) is 0 Å². The molecule has 148 valence electrons. The van der Waals surface area contributed by atoms with Crippen LogP contribution in [0.3, 0.4) is 0 Å². The fourth-order valence-electron chi connectivity index (χ4n) is 4.17. The Morgan fingerprint density at radius 2 is 1.89 bits per heavy atom. The fourth-order valence-corrected chi connectivity index (χ4v) is 5.06. The summed E-state index contributed by atoms with van der Waals surface area (Å²) in [7, 11) is 0. The van der Waals surface area contributed by atoms with Gasteiger partial charge in [0, 0.05) is 29.7 Å². The molecule has 1 saturated carbocycles. The van der Waals surface area contributed by atoms with Crippen molar-refractivity contribution in [3.8, 4) is 0 Å². The minimum absolute atomic E-state index is 0.0456. The third kappa shape index (κ3) is 4.46. The van der Waals surface area contributed by atoms with E-state index >= 15 is 0 Å². The summed E-state index contributed by atoms with van der Waals surface area (Å²) in [6.45, 7) is 0.518. The molecule has 2 heterocycles. The molecule has 1 fully saturated rings. The van der Waals surface area contributed by atoms with Crippen molar-refractivity contribution in [2.75, 3.05) is 5.75 Å². The van der Waals surface area contributed by atoms with Crippen LogP contribution in [0.4, 0.5) is 0 Å². The highest BCUT2D eigenvalue weighted by molar-refractivity contribution is 7.99. The summed E-state index contributed by atoms with van der Waals surface area (Å²) < 4.78 is 1.80. The molecule has 1 N–H and O–H groups in total. The number of thioether (sulfide) groups is 1. The van der Waals surface area contributed by atoms with Gasteiger partial charge in [-0.2, -0.15) is 4.98 Å². The molecule has 0 saturated heterocycles. The van der Waals surface area contributed by atoms with Gasteiger partial charge in [-0.15, -0.1) is 0 Å². The van der Waals surface area contributed by atoms with E-state index in [0.29, 0.717) is 18.3 Å². The largest absolute Gasteiger partial charge is 0.353 e. The third-order valence-electron chi connectivity index (χ3n) is 5.60. The van der Waals surface area contributed by atoms with E-state index < -0.39 is 0 Å². The summed E-state index contributed by atoms with van der Waals surface area (Å²) in [5, 5.41) is 3.85. The van der Waals surface area contributed by atoms with Crippen LogP contribution < -0.4 is 11.0 Å². The zero-order chi connectivity index (χ0) is 19.3. The highest BCUT2D eigenvalue weighted by Crippen LogP contribution is 2.29. The van der Waals surface area contributed by atoms with Gasteiger partial charge in [-0.25, -0.2) is 4.79 Å². The Labute approximate surface area is 169 Å². The lowest BCUT2D eigenvalue weighted by Crippen LogP contribution is -2.34. The number of fused-ring (bicyclic) bond motifs is 1. The number of hydrogen-bond acceptors (Lipinski definition) is 5. The SMILES string of the molecule is O=C(CSc1nc(=O)n(Cc2ccncc2)c2c1CCCC2)NC1CCCC1. The van der Waals surface area contributed by atoms with Gasteiger partial charge in [-0.3, -0.25) is 14.3 Å². The summed E-state index contributed by atoms with van der Waals surface area (Å²) >= 11 is 1.41. The first-order chi connectivity index (χ1) is 13.7. The van der Waals surface area contributed by atoms with Crippen molar-refractivity contribution >= 4 is 17.7 Å². The Morgan fingerprint density at radius 1 is 1.14 bits per heavy atom. The van der Waals surface area contributed by atoms with Gasteiger partial charge in [0.05, 0.1) is 12.3 Å². The van der Waals surface area contributed by atoms with Crippen molar-refractivity contribution in [3.63, 3.8) is 0 Å². The molecule has 28 heavy (non-hydrogen) atoms. The first kappa shape index (κ1) is 19.2. The number of amides is 1. The second-order valence-electron chi connectivity index (χ2n) is 7.61. The van der Waals surface area contributed by atoms with Crippen LogP contribution in [-0.4, -0.2) is 32.2 Å². The van der Waals surface area contributed by atoms with Crippen LogP contribution in [0, 0.1) is 0 Å². The summed E-state index contributed by atoms with van der Waals surface area (Å²) in [5.41, 5.74) is 3.06. The van der Waals surface area contributed by atoms with E-state index in [1.807, 2.05) is 12.1 Å². The maximum atomic E-state index is 12.8. The van der Waals surface area contributed by atoms with Gasteiger partial charge < -0.3 is 5.32 Å². The fraction of sp³-hybridized carbons (Fsp3) is 0.524. The Balaban J connectivity index is 1.52. The van der Waals surface area contributed by atoms with E-state index in [2.05, 4.69) is 15.3 Å². The molecule has 1 amide bonds. The van der Waals surface area contributed by atoms with Crippen molar-refractivity contribution in [2.45, 2.75) is 69.0 Å². The van der Waals surface area contributed by atoms with Gasteiger partial charge in [-0.05, 0) is 56.2 Å². The van der Waals surface area contributed by atoms with Crippen molar-refractivity contribution in [1.82, 2.24) is 19.9 Å². The van der Waals surface area contributed by atoms with Crippen LogP contribution in [-0.2, 0) is 24.2 Å². The van der Waals surface area contributed by atoms with Crippen molar-refractivity contribution in [2.24, 2.45) is 0 Å².